The summed E-state index contributed by atoms with van der Waals surface area (Å²) in [5.74, 6) is 0.990. The molecule has 30 heavy (non-hydrogen) atoms. The van der Waals surface area contributed by atoms with Crippen LogP contribution in [0, 0.1) is 0 Å². The molecule has 152 valence electrons. The van der Waals surface area contributed by atoms with Gasteiger partial charge >= 0.3 is 0 Å². The summed E-state index contributed by atoms with van der Waals surface area (Å²) < 4.78 is 0. The zero-order valence-corrected chi connectivity index (χ0v) is 17.0. The topological polar surface area (TPSA) is 48.5 Å². The first-order valence-corrected chi connectivity index (χ1v) is 10.6. The van der Waals surface area contributed by atoms with Gasteiger partial charge in [-0.2, -0.15) is 0 Å². The summed E-state index contributed by atoms with van der Waals surface area (Å²) in [5.41, 5.74) is 4.54. The number of fused-ring (bicyclic) bond motifs is 1. The SMILES string of the molecule is O=C(c1ccc(N2CCN[C@H](c3ccccc3)C2)nc1)N1CCc2ccccc2C1. The lowest BCUT2D eigenvalue weighted by Gasteiger charge is -2.35. The average molecular weight is 399 g/mol. The first kappa shape index (κ1) is 18.8. The van der Waals surface area contributed by atoms with Crippen LogP contribution in [0.4, 0.5) is 5.82 Å². The molecule has 5 rings (SSSR count). The number of hydrogen-bond acceptors (Lipinski definition) is 4. The zero-order chi connectivity index (χ0) is 20.3. The number of piperazine rings is 1. The third kappa shape index (κ3) is 3.81. The molecule has 0 radical (unpaired) electrons. The van der Waals surface area contributed by atoms with Crippen molar-refractivity contribution in [1.29, 1.82) is 0 Å². The molecule has 0 unspecified atom stereocenters. The molecule has 0 saturated carbocycles. The summed E-state index contributed by atoms with van der Waals surface area (Å²) in [6.45, 7) is 4.12. The highest BCUT2D eigenvalue weighted by Crippen LogP contribution is 2.23. The van der Waals surface area contributed by atoms with Crippen molar-refractivity contribution in [2.45, 2.75) is 19.0 Å². The molecule has 1 aromatic heterocycles. The number of carbonyl (C=O) groups excluding carboxylic acids is 1. The molecule has 0 bridgehead atoms. The van der Waals surface area contributed by atoms with E-state index >= 15 is 0 Å². The van der Waals surface area contributed by atoms with Crippen molar-refractivity contribution in [2.75, 3.05) is 31.1 Å². The Labute approximate surface area is 177 Å². The van der Waals surface area contributed by atoms with E-state index in [9.17, 15) is 4.79 Å². The van der Waals surface area contributed by atoms with Gasteiger partial charge in [0.2, 0.25) is 0 Å². The number of rotatable bonds is 3. The van der Waals surface area contributed by atoms with E-state index in [4.69, 9.17) is 0 Å². The Bertz CT molecular complexity index is 1020. The molecule has 0 aliphatic carbocycles. The molecule has 5 heteroatoms. The Morgan fingerprint density at radius 2 is 1.73 bits per heavy atom. The summed E-state index contributed by atoms with van der Waals surface area (Å²) >= 11 is 0. The van der Waals surface area contributed by atoms with E-state index in [1.807, 2.05) is 29.2 Å². The van der Waals surface area contributed by atoms with E-state index in [1.165, 1.54) is 16.7 Å². The van der Waals surface area contributed by atoms with Crippen LogP contribution in [0.5, 0.6) is 0 Å². The van der Waals surface area contributed by atoms with Gasteiger partial charge in [0.05, 0.1) is 5.56 Å². The van der Waals surface area contributed by atoms with E-state index in [0.717, 1.165) is 38.4 Å². The number of aromatic nitrogens is 1. The van der Waals surface area contributed by atoms with Crippen LogP contribution >= 0.6 is 0 Å². The lowest BCUT2D eigenvalue weighted by molar-refractivity contribution is 0.0734. The third-order valence-corrected chi connectivity index (χ3v) is 6.11. The second kappa shape index (κ2) is 8.28. The van der Waals surface area contributed by atoms with Crippen molar-refractivity contribution in [3.63, 3.8) is 0 Å². The first-order valence-electron chi connectivity index (χ1n) is 10.6. The van der Waals surface area contributed by atoms with Crippen molar-refractivity contribution in [3.8, 4) is 0 Å². The highest BCUT2D eigenvalue weighted by molar-refractivity contribution is 5.94. The van der Waals surface area contributed by atoms with Crippen molar-refractivity contribution in [1.82, 2.24) is 15.2 Å². The van der Waals surface area contributed by atoms with E-state index < -0.39 is 0 Å². The Morgan fingerprint density at radius 1 is 0.933 bits per heavy atom. The molecule has 3 aromatic rings. The molecule has 5 nitrogen and oxygen atoms in total. The van der Waals surface area contributed by atoms with Gasteiger partial charge in [-0.3, -0.25) is 4.79 Å². The number of anilines is 1. The maximum atomic E-state index is 13.0. The Hall–Kier alpha value is -3.18. The third-order valence-electron chi connectivity index (χ3n) is 6.11. The highest BCUT2D eigenvalue weighted by Gasteiger charge is 2.24. The number of nitrogens with one attached hydrogen (secondary N) is 1. The lowest BCUT2D eigenvalue weighted by atomic mass is 9.99. The van der Waals surface area contributed by atoms with Crippen LogP contribution in [-0.2, 0) is 13.0 Å². The maximum absolute atomic E-state index is 13.0. The Morgan fingerprint density at radius 3 is 2.53 bits per heavy atom. The number of hydrogen-bond donors (Lipinski definition) is 1. The minimum absolute atomic E-state index is 0.0611. The van der Waals surface area contributed by atoms with Crippen LogP contribution in [0.1, 0.15) is 33.1 Å². The molecule has 3 heterocycles. The van der Waals surface area contributed by atoms with Gasteiger partial charge in [-0.05, 0) is 35.2 Å². The Balaban J connectivity index is 1.27. The van der Waals surface area contributed by atoms with Gasteiger partial charge in [-0.1, -0.05) is 54.6 Å². The van der Waals surface area contributed by atoms with Crippen LogP contribution < -0.4 is 10.2 Å². The van der Waals surface area contributed by atoms with Gasteiger partial charge < -0.3 is 15.1 Å². The van der Waals surface area contributed by atoms with Gasteiger partial charge in [-0.15, -0.1) is 0 Å². The van der Waals surface area contributed by atoms with Crippen LogP contribution in [-0.4, -0.2) is 42.0 Å². The molecule has 1 fully saturated rings. The predicted octanol–water partition coefficient (Wildman–Crippen LogP) is 3.43. The molecule has 1 saturated heterocycles. The molecule has 2 aliphatic heterocycles. The number of amides is 1. The zero-order valence-electron chi connectivity index (χ0n) is 17.0. The van der Waals surface area contributed by atoms with E-state index in [2.05, 4.69) is 57.7 Å². The minimum Gasteiger partial charge on any atom is -0.353 e. The summed E-state index contributed by atoms with van der Waals surface area (Å²) in [5, 5.41) is 3.59. The van der Waals surface area contributed by atoms with Crippen molar-refractivity contribution in [3.05, 3.63) is 95.2 Å². The number of carbonyl (C=O) groups is 1. The van der Waals surface area contributed by atoms with Crippen molar-refractivity contribution < 1.29 is 4.79 Å². The second-order valence-corrected chi connectivity index (χ2v) is 8.01. The van der Waals surface area contributed by atoms with Crippen molar-refractivity contribution >= 4 is 11.7 Å². The quantitative estimate of drug-likeness (QED) is 0.734. The molecular weight excluding hydrogens is 372 g/mol. The van der Waals surface area contributed by atoms with E-state index in [1.54, 1.807) is 6.20 Å². The number of pyridine rings is 1. The second-order valence-electron chi connectivity index (χ2n) is 8.01. The lowest BCUT2D eigenvalue weighted by Crippen LogP contribution is -2.46. The average Bonchev–Trinajstić information content (AvgIpc) is 2.84. The summed E-state index contributed by atoms with van der Waals surface area (Å²) in [4.78, 5) is 21.9. The van der Waals surface area contributed by atoms with Gasteiger partial charge in [0.15, 0.2) is 0 Å². The fraction of sp³-hybridized carbons (Fsp3) is 0.280. The molecule has 2 aliphatic rings. The van der Waals surface area contributed by atoms with Gasteiger partial charge in [0, 0.05) is 45.0 Å². The van der Waals surface area contributed by atoms with Crippen molar-refractivity contribution in [2.24, 2.45) is 0 Å². The summed E-state index contributed by atoms with van der Waals surface area (Å²) in [7, 11) is 0. The summed E-state index contributed by atoms with van der Waals surface area (Å²) in [6, 6.07) is 23.1. The molecule has 2 aromatic carbocycles. The van der Waals surface area contributed by atoms with Gasteiger partial charge in [0.1, 0.15) is 5.82 Å². The van der Waals surface area contributed by atoms with Gasteiger partial charge in [-0.25, -0.2) is 4.98 Å². The van der Waals surface area contributed by atoms with Crippen LogP contribution in [0.25, 0.3) is 0 Å². The predicted molar refractivity (Wildman–Crippen MR) is 119 cm³/mol. The molecule has 1 atom stereocenters. The minimum atomic E-state index is 0.0611. The smallest absolute Gasteiger partial charge is 0.255 e. The largest absolute Gasteiger partial charge is 0.353 e. The van der Waals surface area contributed by atoms with E-state index in [-0.39, 0.29) is 11.9 Å². The maximum Gasteiger partial charge on any atom is 0.255 e. The molecule has 1 N–H and O–H groups in total. The monoisotopic (exact) mass is 398 g/mol. The molecule has 1 amide bonds. The highest BCUT2D eigenvalue weighted by atomic mass is 16.2. The standard InChI is InChI=1S/C25H26N4O/c30-25(29-14-12-19-6-4-5-9-22(19)17-29)21-10-11-24(27-16-21)28-15-13-26-23(18-28)20-7-2-1-3-8-20/h1-11,16,23,26H,12-15,17-18H2/t23-/m0/s1. The fourth-order valence-corrected chi connectivity index (χ4v) is 4.42. The number of benzene rings is 2. The molecular formula is C25H26N4O. The normalized spacial score (nSPS) is 18.7. The first-order chi connectivity index (χ1) is 14.8. The van der Waals surface area contributed by atoms with Crippen LogP contribution in [0.15, 0.2) is 72.9 Å². The Kier molecular flexibility index (Phi) is 5.20. The fourth-order valence-electron chi connectivity index (χ4n) is 4.42. The summed E-state index contributed by atoms with van der Waals surface area (Å²) in [6.07, 6.45) is 2.65. The van der Waals surface area contributed by atoms with E-state index in [0.29, 0.717) is 12.1 Å². The number of nitrogens with zero attached hydrogens (tertiary/aromatic N) is 3. The van der Waals surface area contributed by atoms with Crippen LogP contribution in [0.3, 0.4) is 0 Å². The molecule has 0 spiro atoms. The van der Waals surface area contributed by atoms with Crippen LogP contribution in [0.2, 0.25) is 0 Å². The van der Waals surface area contributed by atoms with Gasteiger partial charge in [0.25, 0.3) is 5.91 Å².